The van der Waals surface area contributed by atoms with Crippen LogP contribution in [-0.4, -0.2) is 55.9 Å². The largest absolute Gasteiger partial charge is 0.409 e. The average molecular weight is 425 g/mol. The molecule has 2 aromatic heterocycles. The third kappa shape index (κ3) is 3.88. The standard InChI is InChI=1S/C20H29ClN2O4Si/c1-20(2,3)28(4,5)27-16-11-26-18-15(10-25-19(16)18)24-9-12-8-14-13(22-12)6-7-17(21)23-14/h6-8,15-16,18-19,22H,9-11H2,1-5H3/t15-,16-,18-,19-/m1/s1. The molecule has 2 aliphatic heterocycles. The van der Waals surface area contributed by atoms with Gasteiger partial charge in [0.25, 0.3) is 0 Å². The van der Waals surface area contributed by atoms with Gasteiger partial charge in [-0.1, -0.05) is 32.4 Å². The maximum atomic E-state index is 6.55. The molecule has 2 aromatic rings. The molecule has 2 fully saturated rings. The van der Waals surface area contributed by atoms with E-state index >= 15 is 0 Å². The number of ether oxygens (including phenoxy) is 3. The minimum Gasteiger partial charge on any atom is -0.409 e. The van der Waals surface area contributed by atoms with Crippen LogP contribution in [0.4, 0.5) is 0 Å². The fraction of sp³-hybridized carbons (Fsp3) is 0.650. The summed E-state index contributed by atoms with van der Waals surface area (Å²) < 4.78 is 24.7. The number of aromatic amines is 1. The van der Waals surface area contributed by atoms with Crippen LogP contribution in [0.2, 0.25) is 23.3 Å². The van der Waals surface area contributed by atoms with Crippen LogP contribution in [0.15, 0.2) is 18.2 Å². The number of H-pyrrole nitrogens is 1. The first-order valence-corrected chi connectivity index (χ1v) is 13.1. The maximum absolute atomic E-state index is 6.55. The van der Waals surface area contributed by atoms with E-state index in [2.05, 4.69) is 43.8 Å². The molecule has 0 unspecified atom stereocenters. The lowest BCUT2D eigenvalue weighted by Crippen LogP contribution is -2.47. The molecule has 2 aliphatic rings. The molecule has 6 nitrogen and oxygen atoms in total. The fourth-order valence-electron chi connectivity index (χ4n) is 3.54. The molecule has 4 heterocycles. The smallest absolute Gasteiger partial charge is 0.192 e. The van der Waals surface area contributed by atoms with Crippen LogP contribution >= 0.6 is 11.6 Å². The quantitative estimate of drug-likeness (QED) is 0.572. The summed E-state index contributed by atoms with van der Waals surface area (Å²) in [5.41, 5.74) is 2.75. The molecule has 0 saturated carbocycles. The summed E-state index contributed by atoms with van der Waals surface area (Å²) in [6.45, 7) is 12.8. The van der Waals surface area contributed by atoms with Crippen LogP contribution in [0.25, 0.3) is 11.0 Å². The molecule has 0 spiro atoms. The van der Waals surface area contributed by atoms with Gasteiger partial charge in [0.2, 0.25) is 0 Å². The van der Waals surface area contributed by atoms with Crippen LogP contribution in [0, 0.1) is 0 Å². The molecule has 4 atom stereocenters. The molecule has 8 heteroatoms. The van der Waals surface area contributed by atoms with Gasteiger partial charge in [0.1, 0.15) is 23.5 Å². The lowest BCUT2D eigenvalue weighted by atomic mass is 10.1. The van der Waals surface area contributed by atoms with Gasteiger partial charge < -0.3 is 23.6 Å². The number of halogens is 1. The molecule has 2 saturated heterocycles. The van der Waals surface area contributed by atoms with Crippen molar-refractivity contribution in [1.82, 2.24) is 9.97 Å². The summed E-state index contributed by atoms with van der Waals surface area (Å²) in [5.74, 6) is 0. The topological polar surface area (TPSA) is 65.6 Å². The van der Waals surface area contributed by atoms with Crippen LogP contribution in [-0.2, 0) is 25.2 Å². The van der Waals surface area contributed by atoms with Crippen molar-refractivity contribution in [1.29, 1.82) is 0 Å². The third-order valence-electron chi connectivity index (χ3n) is 6.16. The van der Waals surface area contributed by atoms with Gasteiger partial charge in [-0.25, -0.2) is 4.98 Å². The van der Waals surface area contributed by atoms with Crippen molar-refractivity contribution >= 4 is 31.0 Å². The summed E-state index contributed by atoms with van der Waals surface area (Å²) in [6, 6.07) is 5.66. The van der Waals surface area contributed by atoms with E-state index in [4.69, 9.17) is 30.2 Å². The van der Waals surface area contributed by atoms with Crippen molar-refractivity contribution in [2.75, 3.05) is 13.2 Å². The van der Waals surface area contributed by atoms with Crippen LogP contribution in [0.5, 0.6) is 0 Å². The Morgan fingerprint density at radius 2 is 1.86 bits per heavy atom. The second kappa shape index (κ2) is 7.38. The lowest BCUT2D eigenvalue weighted by Gasteiger charge is -2.39. The summed E-state index contributed by atoms with van der Waals surface area (Å²) in [7, 11) is -1.87. The highest BCUT2D eigenvalue weighted by Crippen LogP contribution is 2.40. The highest BCUT2D eigenvalue weighted by Gasteiger charge is 2.51. The van der Waals surface area contributed by atoms with Crippen LogP contribution in [0.3, 0.4) is 0 Å². The van der Waals surface area contributed by atoms with Crippen LogP contribution < -0.4 is 0 Å². The van der Waals surface area contributed by atoms with E-state index in [9.17, 15) is 0 Å². The Bertz CT molecular complexity index is 850. The van der Waals surface area contributed by atoms with Crippen molar-refractivity contribution < 1.29 is 18.6 Å². The molecule has 1 N–H and O–H groups in total. The minimum atomic E-state index is -1.87. The molecular weight excluding hydrogens is 396 g/mol. The molecule has 0 aliphatic carbocycles. The van der Waals surface area contributed by atoms with E-state index in [-0.39, 0.29) is 29.5 Å². The number of nitrogens with one attached hydrogen (secondary N) is 1. The van der Waals surface area contributed by atoms with Gasteiger partial charge in [-0.05, 0) is 36.3 Å². The second-order valence-electron chi connectivity index (χ2n) is 9.22. The predicted octanol–water partition coefficient (Wildman–Crippen LogP) is 4.29. The van der Waals surface area contributed by atoms with Crippen molar-refractivity contribution in [2.24, 2.45) is 0 Å². The Hall–Kier alpha value is -0.963. The van der Waals surface area contributed by atoms with Gasteiger partial charge in [0.05, 0.1) is 37.0 Å². The average Bonchev–Trinajstić information content (AvgIpc) is 3.27. The fourth-order valence-corrected chi connectivity index (χ4v) is 5.01. The Kier molecular flexibility index (Phi) is 5.35. The molecule has 28 heavy (non-hydrogen) atoms. The zero-order chi connectivity index (χ0) is 20.1. The van der Waals surface area contributed by atoms with Gasteiger partial charge in [0, 0.05) is 5.69 Å². The van der Waals surface area contributed by atoms with Gasteiger partial charge in [-0.3, -0.25) is 0 Å². The van der Waals surface area contributed by atoms with E-state index in [1.807, 2.05) is 12.1 Å². The molecule has 4 rings (SSSR count). The molecule has 0 amide bonds. The molecular formula is C20H29ClN2O4Si. The Morgan fingerprint density at radius 1 is 1.18 bits per heavy atom. The Labute approximate surface area is 172 Å². The highest BCUT2D eigenvalue weighted by atomic mass is 35.5. The number of aromatic nitrogens is 2. The monoisotopic (exact) mass is 424 g/mol. The highest BCUT2D eigenvalue weighted by molar-refractivity contribution is 6.74. The zero-order valence-corrected chi connectivity index (χ0v) is 18.9. The first-order valence-electron chi connectivity index (χ1n) is 9.81. The molecule has 0 bridgehead atoms. The second-order valence-corrected chi connectivity index (χ2v) is 14.4. The van der Waals surface area contributed by atoms with E-state index in [0.717, 1.165) is 16.7 Å². The number of hydrogen-bond donors (Lipinski definition) is 1. The van der Waals surface area contributed by atoms with Gasteiger partial charge in [-0.2, -0.15) is 0 Å². The van der Waals surface area contributed by atoms with Crippen LogP contribution in [0.1, 0.15) is 26.5 Å². The van der Waals surface area contributed by atoms with E-state index < -0.39 is 8.32 Å². The van der Waals surface area contributed by atoms with E-state index in [1.165, 1.54) is 0 Å². The number of fused-ring (bicyclic) bond motifs is 2. The molecule has 0 aromatic carbocycles. The molecule has 0 radical (unpaired) electrons. The van der Waals surface area contributed by atoms with Crippen molar-refractivity contribution in [3.63, 3.8) is 0 Å². The number of pyridine rings is 1. The van der Waals surface area contributed by atoms with Crippen molar-refractivity contribution in [3.05, 3.63) is 29.0 Å². The predicted molar refractivity (Wildman–Crippen MR) is 111 cm³/mol. The SMILES string of the molecule is CC(C)(C)[Si](C)(C)O[C@@H]1CO[C@H]2[C@@H]1OC[C@H]2OCc1cc2nc(Cl)ccc2[nH]1. The number of hydrogen-bond acceptors (Lipinski definition) is 5. The van der Waals surface area contributed by atoms with Gasteiger partial charge in [0.15, 0.2) is 8.32 Å². The van der Waals surface area contributed by atoms with Gasteiger partial charge >= 0.3 is 0 Å². The number of rotatable bonds is 5. The van der Waals surface area contributed by atoms with Crippen molar-refractivity contribution in [3.8, 4) is 0 Å². The summed E-state index contributed by atoms with van der Waals surface area (Å²) in [4.78, 5) is 7.63. The maximum Gasteiger partial charge on any atom is 0.192 e. The molecule has 154 valence electrons. The Balaban J connectivity index is 1.36. The minimum absolute atomic E-state index is 0.0149. The first-order chi connectivity index (χ1) is 13.1. The summed E-state index contributed by atoms with van der Waals surface area (Å²) >= 11 is 5.96. The zero-order valence-electron chi connectivity index (χ0n) is 17.1. The van der Waals surface area contributed by atoms with Gasteiger partial charge in [-0.15, -0.1) is 0 Å². The van der Waals surface area contributed by atoms with Crippen molar-refractivity contribution in [2.45, 2.75) is 69.9 Å². The summed E-state index contributed by atoms with van der Waals surface area (Å²) in [6.07, 6.45) is -0.242. The van der Waals surface area contributed by atoms with E-state index in [1.54, 1.807) is 6.07 Å². The summed E-state index contributed by atoms with van der Waals surface area (Å²) in [5, 5.41) is 0.643. The first kappa shape index (κ1) is 20.3. The lowest BCUT2D eigenvalue weighted by molar-refractivity contribution is -0.0439. The Morgan fingerprint density at radius 3 is 2.57 bits per heavy atom. The normalized spacial score (nSPS) is 28.2. The number of nitrogens with zero attached hydrogens (tertiary/aromatic N) is 1. The van der Waals surface area contributed by atoms with E-state index in [0.29, 0.717) is 25.0 Å². The third-order valence-corrected chi connectivity index (χ3v) is 10.9.